The number of fused-ring (bicyclic) bond motifs is 1. The Morgan fingerprint density at radius 2 is 2.04 bits per heavy atom. The SMILES string of the molecule is Cl.Cl.c1cn(CCCn2nccc2C2CC2)c(-c2cc3n(n2)CCNC3)n1. The van der Waals surface area contributed by atoms with Crippen molar-refractivity contribution < 1.29 is 0 Å². The van der Waals surface area contributed by atoms with E-state index in [2.05, 4.69) is 47.7 Å². The largest absolute Gasteiger partial charge is 0.330 e. The molecule has 146 valence electrons. The topological polar surface area (TPSA) is 65.5 Å². The van der Waals surface area contributed by atoms with Crippen molar-refractivity contribution in [1.82, 2.24) is 34.4 Å². The zero-order valence-electron chi connectivity index (χ0n) is 15.1. The predicted molar refractivity (Wildman–Crippen MR) is 108 cm³/mol. The Morgan fingerprint density at radius 3 is 2.85 bits per heavy atom. The van der Waals surface area contributed by atoms with E-state index >= 15 is 0 Å². The maximum absolute atomic E-state index is 4.73. The van der Waals surface area contributed by atoms with E-state index in [1.165, 1.54) is 24.2 Å². The molecule has 1 aliphatic carbocycles. The van der Waals surface area contributed by atoms with Gasteiger partial charge >= 0.3 is 0 Å². The van der Waals surface area contributed by atoms with Gasteiger partial charge in [-0.25, -0.2) is 4.98 Å². The summed E-state index contributed by atoms with van der Waals surface area (Å²) in [5.41, 5.74) is 3.61. The molecule has 1 saturated carbocycles. The Hall–Kier alpha value is -1.83. The van der Waals surface area contributed by atoms with Crippen LogP contribution in [0.5, 0.6) is 0 Å². The molecule has 0 aromatic carbocycles. The molecule has 0 atom stereocenters. The first-order chi connectivity index (χ1) is 12.4. The van der Waals surface area contributed by atoms with Gasteiger partial charge in [0.15, 0.2) is 5.82 Å². The van der Waals surface area contributed by atoms with Crippen LogP contribution in [0.3, 0.4) is 0 Å². The number of nitrogens with zero attached hydrogens (tertiary/aromatic N) is 6. The van der Waals surface area contributed by atoms with Crippen LogP contribution in [0.1, 0.15) is 36.6 Å². The van der Waals surface area contributed by atoms with Crippen LogP contribution in [0.2, 0.25) is 0 Å². The van der Waals surface area contributed by atoms with Crippen molar-refractivity contribution in [3.05, 3.63) is 42.1 Å². The maximum atomic E-state index is 4.73. The van der Waals surface area contributed by atoms with Gasteiger partial charge in [-0.1, -0.05) is 0 Å². The molecule has 27 heavy (non-hydrogen) atoms. The highest BCUT2D eigenvalue weighted by Gasteiger charge is 2.26. The van der Waals surface area contributed by atoms with Crippen molar-refractivity contribution in [2.75, 3.05) is 6.54 Å². The van der Waals surface area contributed by atoms with E-state index in [-0.39, 0.29) is 24.8 Å². The van der Waals surface area contributed by atoms with E-state index in [1.807, 2.05) is 12.4 Å². The normalized spacial score (nSPS) is 15.7. The van der Waals surface area contributed by atoms with E-state index in [9.17, 15) is 0 Å². The molecule has 0 bridgehead atoms. The Morgan fingerprint density at radius 1 is 1.15 bits per heavy atom. The number of imidazole rings is 1. The third kappa shape index (κ3) is 4.05. The van der Waals surface area contributed by atoms with Crippen molar-refractivity contribution in [2.45, 2.75) is 51.4 Å². The number of halogens is 2. The molecule has 7 nitrogen and oxygen atoms in total. The van der Waals surface area contributed by atoms with E-state index in [0.29, 0.717) is 0 Å². The van der Waals surface area contributed by atoms with E-state index in [4.69, 9.17) is 5.10 Å². The standard InChI is InChI=1S/C18H23N7.2ClH/c1(9-25-17(4-5-21-25)14-2-3-14)8-23-10-7-20-18(23)16-12-15-13-19-6-11-24(15)22-16;;/h4-5,7,10,12,14,19H,1-3,6,8-9,11,13H2;2*1H. The number of hydrogen-bond donors (Lipinski definition) is 1. The van der Waals surface area contributed by atoms with Gasteiger partial charge in [-0.2, -0.15) is 10.2 Å². The lowest BCUT2D eigenvalue weighted by atomic mass is 10.3. The number of nitrogens with one attached hydrogen (secondary N) is 1. The van der Waals surface area contributed by atoms with Gasteiger partial charge in [-0.3, -0.25) is 9.36 Å². The smallest absolute Gasteiger partial charge is 0.160 e. The molecular weight excluding hydrogens is 385 g/mol. The highest BCUT2D eigenvalue weighted by Crippen LogP contribution is 2.39. The average molecular weight is 410 g/mol. The van der Waals surface area contributed by atoms with E-state index in [0.717, 1.165) is 56.6 Å². The van der Waals surface area contributed by atoms with Crippen molar-refractivity contribution in [1.29, 1.82) is 0 Å². The molecule has 0 unspecified atom stereocenters. The average Bonchev–Trinajstić information content (AvgIpc) is 3.04. The summed E-state index contributed by atoms with van der Waals surface area (Å²) in [6.45, 7) is 4.69. The van der Waals surface area contributed by atoms with Crippen LogP contribution in [0.25, 0.3) is 11.5 Å². The summed E-state index contributed by atoms with van der Waals surface area (Å²) in [7, 11) is 0. The van der Waals surface area contributed by atoms with Gasteiger partial charge in [0.2, 0.25) is 0 Å². The first kappa shape index (κ1) is 19.9. The molecule has 1 N–H and O–H groups in total. The Labute approximate surface area is 171 Å². The summed E-state index contributed by atoms with van der Waals surface area (Å²) in [5.74, 6) is 1.71. The summed E-state index contributed by atoms with van der Waals surface area (Å²) in [6, 6.07) is 4.33. The summed E-state index contributed by atoms with van der Waals surface area (Å²) < 4.78 is 6.48. The Bertz CT molecular complexity index is 855. The zero-order chi connectivity index (χ0) is 16.6. The molecule has 3 aromatic rings. The first-order valence-corrected chi connectivity index (χ1v) is 9.19. The lowest BCUT2D eigenvalue weighted by molar-refractivity contribution is 0.475. The van der Waals surface area contributed by atoms with Crippen LogP contribution >= 0.6 is 24.8 Å². The molecule has 0 saturated heterocycles. The second-order valence-corrected chi connectivity index (χ2v) is 6.97. The quantitative estimate of drug-likeness (QED) is 0.679. The van der Waals surface area contributed by atoms with Crippen molar-refractivity contribution in [3.63, 3.8) is 0 Å². The minimum Gasteiger partial charge on any atom is -0.330 e. The van der Waals surface area contributed by atoms with Crippen LogP contribution < -0.4 is 5.32 Å². The minimum absolute atomic E-state index is 0. The van der Waals surface area contributed by atoms with E-state index < -0.39 is 0 Å². The van der Waals surface area contributed by atoms with E-state index in [1.54, 1.807) is 0 Å². The molecule has 5 rings (SSSR count). The van der Waals surface area contributed by atoms with Gasteiger partial charge < -0.3 is 9.88 Å². The summed E-state index contributed by atoms with van der Waals surface area (Å²) in [4.78, 5) is 4.55. The number of aryl methyl sites for hydroxylation is 2. The molecule has 1 aliphatic heterocycles. The van der Waals surface area contributed by atoms with Gasteiger partial charge in [-0.15, -0.1) is 24.8 Å². The van der Waals surface area contributed by atoms with Crippen molar-refractivity contribution >= 4 is 24.8 Å². The van der Waals surface area contributed by atoms with Crippen LogP contribution in [-0.2, 0) is 26.2 Å². The summed E-state index contributed by atoms with van der Waals surface area (Å²) in [5, 5.41) is 12.6. The van der Waals surface area contributed by atoms with Crippen molar-refractivity contribution in [3.8, 4) is 11.5 Å². The van der Waals surface area contributed by atoms with Gasteiger partial charge in [0.05, 0.1) is 12.2 Å². The molecule has 0 amide bonds. The number of aromatic nitrogens is 6. The van der Waals surface area contributed by atoms with Crippen LogP contribution in [0.4, 0.5) is 0 Å². The minimum atomic E-state index is 0. The van der Waals surface area contributed by atoms with Gasteiger partial charge in [0.25, 0.3) is 0 Å². The molecule has 0 radical (unpaired) electrons. The van der Waals surface area contributed by atoms with Gasteiger partial charge in [0, 0.05) is 56.4 Å². The molecule has 1 fully saturated rings. The highest BCUT2D eigenvalue weighted by atomic mass is 35.5. The molecular formula is C18H25Cl2N7. The monoisotopic (exact) mass is 409 g/mol. The summed E-state index contributed by atoms with van der Waals surface area (Å²) >= 11 is 0. The first-order valence-electron chi connectivity index (χ1n) is 9.19. The molecule has 9 heteroatoms. The van der Waals surface area contributed by atoms with Gasteiger partial charge in [0.1, 0.15) is 5.69 Å². The lowest BCUT2D eigenvalue weighted by Crippen LogP contribution is -2.28. The number of hydrogen-bond acceptors (Lipinski definition) is 4. The lowest BCUT2D eigenvalue weighted by Gasteiger charge is -2.13. The van der Waals surface area contributed by atoms with Crippen molar-refractivity contribution in [2.24, 2.45) is 0 Å². The summed E-state index contributed by atoms with van der Waals surface area (Å²) in [6.07, 6.45) is 9.53. The van der Waals surface area contributed by atoms with Crippen LogP contribution in [0.15, 0.2) is 30.7 Å². The fourth-order valence-corrected chi connectivity index (χ4v) is 3.67. The third-order valence-electron chi connectivity index (χ3n) is 5.13. The zero-order valence-corrected chi connectivity index (χ0v) is 16.8. The third-order valence-corrected chi connectivity index (χ3v) is 5.13. The maximum Gasteiger partial charge on any atom is 0.160 e. The second-order valence-electron chi connectivity index (χ2n) is 6.97. The molecule has 2 aliphatic rings. The highest BCUT2D eigenvalue weighted by molar-refractivity contribution is 5.85. The molecule has 0 spiro atoms. The number of rotatable bonds is 6. The van der Waals surface area contributed by atoms with Gasteiger partial charge in [-0.05, 0) is 31.4 Å². The predicted octanol–water partition coefficient (Wildman–Crippen LogP) is 2.86. The Kier molecular flexibility index (Phi) is 6.24. The Balaban J connectivity index is 0.00000105. The van der Waals surface area contributed by atoms with Crippen LogP contribution in [-0.4, -0.2) is 35.7 Å². The molecule has 4 heterocycles. The fourth-order valence-electron chi connectivity index (χ4n) is 3.67. The second kappa shape index (κ2) is 8.46. The van der Waals surface area contributed by atoms with Crippen LogP contribution in [0, 0.1) is 0 Å². The molecule has 3 aromatic heterocycles. The fraction of sp³-hybridized carbons (Fsp3) is 0.500.